The largest absolute Gasteiger partial charge is 0.103 e. The minimum atomic E-state index is 0.849. The Morgan fingerprint density at radius 3 is 1.88 bits per heavy atom. The summed E-state index contributed by atoms with van der Waals surface area (Å²) in [6.45, 7) is 8.41. The first-order valence-corrected chi connectivity index (χ1v) is 9.34. The Bertz CT molecular complexity index is 721. The van der Waals surface area contributed by atoms with E-state index in [2.05, 4.69) is 97.0 Å². The van der Waals surface area contributed by atoms with E-state index in [4.69, 9.17) is 0 Å². The molecule has 2 rings (SSSR count). The zero-order valence-corrected chi connectivity index (χ0v) is 16.1. The van der Waals surface area contributed by atoms with Crippen LogP contribution in [-0.2, 0) is 0 Å². The standard InChI is InChI=1S/C23H25Br/c1-4-13-21(18-14-9-7-10-15-18)23(19-16-11-8-12-17-19)20(5-2)22(24)6-3/h4,7-12,14-17H,1,5-6,13H2,2-3H3/b22-20-,23-21-. The van der Waals surface area contributed by atoms with Crippen molar-refractivity contribution in [2.45, 2.75) is 33.1 Å². The Labute approximate surface area is 154 Å². The van der Waals surface area contributed by atoms with Gasteiger partial charge in [-0.1, -0.05) is 96.5 Å². The normalized spacial score (nSPS) is 13.1. The van der Waals surface area contributed by atoms with E-state index in [1.807, 2.05) is 6.08 Å². The fraction of sp³-hybridized carbons (Fsp3) is 0.217. The van der Waals surface area contributed by atoms with Gasteiger partial charge in [0.15, 0.2) is 0 Å². The molecule has 0 radical (unpaired) electrons. The van der Waals surface area contributed by atoms with Crippen LogP contribution < -0.4 is 0 Å². The molecule has 0 aromatic heterocycles. The molecule has 2 aromatic carbocycles. The van der Waals surface area contributed by atoms with E-state index in [1.165, 1.54) is 32.3 Å². The number of halogens is 1. The van der Waals surface area contributed by atoms with Crippen molar-refractivity contribution in [3.05, 3.63) is 94.5 Å². The molecule has 124 valence electrons. The lowest BCUT2D eigenvalue weighted by Gasteiger charge is -2.20. The number of allylic oxidation sites excluding steroid dienone is 5. The molecule has 0 aliphatic rings. The fourth-order valence-electron chi connectivity index (χ4n) is 3.00. The van der Waals surface area contributed by atoms with Crippen LogP contribution in [0.2, 0.25) is 0 Å². The first-order chi connectivity index (χ1) is 11.7. The van der Waals surface area contributed by atoms with Crippen LogP contribution in [0.15, 0.2) is 83.4 Å². The predicted molar refractivity (Wildman–Crippen MR) is 111 cm³/mol. The van der Waals surface area contributed by atoms with Gasteiger partial charge in [0, 0.05) is 0 Å². The van der Waals surface area contributed by atoms with Crippen LogP contribution in [0, 0.1) is 0 Å². The first-order valence-electron chi connectivity index (χ1n) is 8.55. The van der Waals surface area contributed by atoms with Crippen LogP contribution in [0.25, 0.3) is 11.1 Å². The van der Waals surface area contributed by atoms with Gasteiger partial charge >= 0.3 is 0 Å². The maximum Gasteiger partial charge on any atom is -0.00139 e. The molecule has 2 aromatic rings. The molecule has 1 heteroatoms. The van der Waals surface area contributed by atoms with E-state index in [9.17, 15) is 0 Å². The third-order valence-corrected chi connectivity index (χ3v) is 5.17. The summed E-state index contributed by atoms with van der Waals surface area (Å²) >= 11 is 3.81. The van der Waals surface area contributed by atoms with E-state index in [-0.39, 0.29) is 0 Å². The molecule has 0 amide bonds. The zero-order chi connectivity index (χ0) is 17.4. The minimum Gasteiger partial charge on any atom is -0.103 e. The molecule has 24 heavy (non-hydrogen) atoms. The second-order valence-electron chi connectivity index (χ2n) is 5.67. The fourth-order valence-corrected chi connectivity index (χ4v) is 3.48. The summed E-state index contributed by atoms with van der Waals surface area (Å²) in [6.07, 6.45) is 4.84. The lowest BCUT2D eigenvalue weighted by Crippen LogP contribution is -1.98. The van der Waals surface area contributed by atoms with Crippen LogP contribution in [0.1, 0.15) is 44.2 Å². The summed E-state index contributed by atoms with van der Waals surface area (Å²) in [5.41, 5.74) is 6.57. The second-order valence-corrected chi connectivity index (χ2v) is 6.63. The van der Waals surface area contributed by atoms with Crippen molar-refractivity contribution in [1.29, 1.82) is 0 Å². The van der Waals surface area contributed by atoms with Crippen molar-refractivity contribution < 1.29 is 0 Å². The summed E-state index contributed by atoms with van der Waals surface area (Å²) in [4.78, 5) is 0. The predicted octanol–water partition coefficient (Wildman–Crippen LogP) is 7.64. The number of benzene rings is 2. The summed E-state index contributed by atoms with van der Waals surface area (Å²) in [6, 6.07) is 21.3. The second kappa shape index (κ2) is 9.44. The van der Waals surface area contributed by atoms with Crippen LogP contribution in [0.3, 0.4) is 0 Å². The van der Waals surface area contributed by atoms with E-state index in [1.54, 1.807) is 0 Å². The van der Waals surface area contributed by atoms with E-state index in [0.29, 0.717) is 0 Å². The van der Waals surface area contributed by atoms with Crippen LogP contribution in [0.5, 0.6) is 0 Å². The van der Waals surface area contributed by atoms with Crippen molar-refractivity contribution in [3.8, 4) is 0 Å². The van der Waals surface area contributed by atoms with E-state index >= 15 is 0 Å². The molecule has 0 unspecified atom stereocenters. The Hall–Kier alpha value is -1.86. The average molecular weight is 381 g/mol. The van der Waals surface area contributed by atoms with Gasteiger partial charge in [-0.25, -0.2) is 0 Å². The van der Waals surface area contributed by atoms with Gasteiger partial charge in [0.1, 0.15) is 0 Å². The summed E-state index contributed by atoms with van der Waals surface area (Å²) in [5.74, 6) is 0. The van der Waals surface area contributed by atoms with Crippen molar-refractivity contribution in [2.24, 2.45) is 0 Å². The van der Waals surface area contributed by atoms with Gasteiger partial charge < -0.3 is 0 Å². The molecular formula is C23H25Br. The topological polar surface area (TPSA) is 0 Å². The molecule has 0 spiro atoms. The lowest BCUT2D eigenvalue weighted by atomic mass is 9.86. The molecular weight excluding hydrogens is 356 g/mol. The van der Waals surface area contributed by atoms with Gasteiger partial charge in [-0.2, -0.15) is 0 Å². The molecule has 0 bridgehead atoms. The highest BCUT2D eigenvalue weighted by atomic mass is 79.9. The van der Waals surface area contributed by atoms with Gasteiger partial charge in [-0.15, -0.1) is 6.58 Å². The Morgan fingerprint density at radius 1 is 0.875 bits per heavy atom. The highest BCUT2D eigenvalue weighted by molar-refractivity contribution is 9.11. The third kappa shape index (κ3) is 4.36. The highest BCUT2D eigenvalue weighted by Crippen LogP contribution is 2.39. The van der Waals surface area contributed by atoms with Crippen molar-refractivity contribution in [3.63, 3.8) is 0 Å². The summed E-state index contributed by atoms with van der Waals surface area (Å²) in [5, 5.41) is 0. The van der Waals surface area contributed by atoms with Crippen molar-refractivity contribution in [2.75, 3.05) is 0 Å². The molecule has 0 aliphatic heterocycles. The van der Waals surface area contributed by atoms with Crippen molar-refractivity contribution >= 4 is 27.1 Å². The van der Waals surface area contributed by atoms with Gasteiger partial charge in [-0.05, 0) is 51.6 Å². The van der Waals surface area contributed by atoms with Gasteiger partial charge in [0.05, 0.1) is 0 Å². The monoisotopic (exact) mass is 380 g/mol. The molecule has 0 saturated heterocycles. The van der Waals surface area contributed by atoms with Gasteiger partial charge in [-0.3, -0.25) is 0 Å². The summed E-state index contributed by atoms with van der Waals surface area (Å²) in [7, 11) is 0. The Balaban J connectivity index is 2.82. The molecule has 0 saturated carbocycles. The van der Waals surface area contributed by atoms with Gasteiger partial charge in [0.2, 0.25) is 0 Å². The number of rotatable bonds is 7. The number of hydrogen-bond donors (Lipinski definition) is 0. The first kappa shape index (κ1) is 18.5. The van der Waals surface area contributed by atoms with Crippen LogP contribution in [-0.4, -0.2) is 0 Å². The Morgan fingerprint density at radius 2 is 1.42 bits per heavy atom. The van der Waals surface area contributed by atoms with E-state index in [0.717, 1.165) is 19.3 Å². The molecule has 0 N–H and O–H groups in total. The van der Waals surface area contributed by atoms with E-state index < -0.39 is 0 Å². The molecule has 0 heterocycles. The van der Waals surface area contributed by atoms with Gasteiger partial charge in [0.25, 0.3) is 0 Å². The Kier molecular flexibility index (Phi) is 7.27. The third-order valence-electron chi connectivity index (χ3n) is 4.13. The maximum atomic E-state index is 3.99. The van der Waals surface area contributed by atoms with Crippen LogP contribution in [0.4, 0.5) is 0 Å². The van der Waals surface area contributed by atoms with Crippen molar-refractivity contribution in [1.82, 2.24) is 0 Å². The minimum absolute atomic E-state index is 0.849. The quantitative estimate of drug-likeness (QED) is 0.263. The molecule has 0 atom stereocenters. The molecule has 0 fully saturated rings. The average Bonchev–Trinajstić information content (AvgIpc) is 2.65. The lowest BCUT2D eigenvalue weighted by molar-refractivity contribution is 1.09. The number of hydrogen-bond acceptors (Lipinski definition) is 0. The zero-order valence-electron chi connectivity index (χ0n) is 14.6. The smallest absolute Gasteiger partial charge is 0.00139 e. The molecule has 0 nitrogen and oxygen atoms in total. The van der Waals surface area contributed by atoms with Crippen LogP contribution >= 0.6 is 15.9 Å². The SMILES string of the molecule is C=CC/C(=C(/C(CC)=C(\Br)CC)c1ccccc1)c1ccccc1. The molecule has 0 aliphatic carbocycles. The highest BCUT2D eigenvalue weighted by Gasteiger charge is 2.16. The summed E-state index contributed by atoms with van der Waals surface area (Å²) < 4.78 is 1.28. The maximum absolute atomic E-state index is 3.99.